The number of ether oxygens (including phenoxy) is 1. The summed E-state index contributed by atoms with van der Waals surface area (Å²) in [5, 5.41) is 3.27. The van der Waals surface area contributed by atoms with E-state index in [2.05, 4.69) is 43.1 Å². The molecule has 0 saturated heterocycles. The van der Waals surface area contributed by atoms with Crippen molar-refractivity contribution in [1.29, 1.82) is 0 Å². The lowest BCUT2D eigenvalue weighted by Gasteiger charge is -2.26. The SMILES string of the molecule is CC.CCCN(C)/C(NCC)=C(/OCC1(C)CC1)C(C)=O.Cc1ccccc1. The minimum absolute atomic E-state index is 0.0110. The number of nitrogens with one attached hydrogen (secondary N) is 1. The van der Waals surface area contributed by atoms with E-state index in [-0.39, 0.29) is 11.2 Å². The van der Waals surface area contributed by atoms with E-state index in [9.17, 15) is 4.79 Å². The molecule has 0 radical (unpaired) electrons. The van der Waals surface area contributed by atoms with Gasteiger partial charge in [-0.2, -0.15) is 0 Å². The van der Waals surface area contributed by atoms with Crippen molar-refractivity contribution in [3.8, 4) is 0 Å². The highest BCUT2D eigenvalue weighted by molar-refractivity contribution is 5.91. The van der Waals surface area contributed by atoms with Crippen LogP contribution in [0.25, 0.3) is 0 Å². The van der Waals surface area contributed by atoms with Crippen molar-refractivity contribution in [3.05, 3.63) is 47.5 Å². The first-order valence-corrected chi connectivity index (χ1v) is 10.7. The van der Waals surface area contributed by atoms with Gasteiger partial charge in [0.15, 0.2) is 5.78 Å². The molecule has 1 aromatic rings. The highest BCUT2D eigenvalue weighted by atomic mass is 16.5. The number of hydrogen-bond acceptors (Lipinski definition) is 4. The van der Waals surface area contributed by atoms with Crippen molar-refractivity contribution in [2.24, 2.45) is 5.41 Å². The van der Waals surface area contributed by atoms with E-state index in [4.69, 9.17) is 4.74 Å². The molecule has 0 heterocycles. The minimum Gasteiger partial charge on any atom is -0.486 e. The Kier molecular flexibility index (Phi) is 13.1. The Balaban J connectivity index is 0.000000670. The van der Waals surface area contributed by atoms with Crippen molar-refractivity contribution in [2.45, 2.75) is 67.7 Å². The molecule has 1 aliphatic carbocycles. The number of carbonyl (C=O) groups is 1. The smallest absolute Gasteiger partial charge is 0.202 e. The summed E-state index contributed by atoms with van der Waals surface area (Å²) in [7, 11) is 1.99. The molecule has 0 aromatic heterocycles. The summed E-state index contributed by atoms with van der Waals surface area (Å²) in [5.41, 5.74) is 1.60. The van der Waals surface area contributed by atoms with Crippen LogP contribution in [0, 0.1) is 12.3 Å². The van der Waals surface area contributed by atoms with Gasteiger partial charge in [-0.05, 0) is 33.1 Å². The fourth-order valence-electron chi connectivity index (χ4n) is 2.48. The van der Waals surface area contributed by atoms with Crippen molar-refractivity contribution in [2.75, 3.05) is 26.7 Å². The van der Waals surface area contributed by atoms with E-state index in [1.54, 1.807) is 6.92 Å². The number of rotatable bonds is 9. The zero-order chi connectivity index (χ0) is 21.6. The number of benzene rings is 1. The summed E-state index contributed by atoms with van der Waals surface area (Å²) >= 11 is 0. The van der Waals surface area contributed by atoms with E-state index in [1.807, 2.05) is 46.0 Å². The Morgan fingerprint density at radius 3 is 2.11 bits per heavy atom. The number of allylic oxidation sites excluding steroid dienone is 1. The number of ketones is 1. The molecule has 1 saturated carbocycles. The highest BCUT2D eigenvalue weighted by Gasteiger charge is 2.38. The molecule has 1 N–H and O–H groups in total. The summed E-state index contributed by atoms with van der Waals surface area (Å²) in [4.78, 5) is 13.9. The average molecular weight is 391 g/mol. The summed E-state index contributed by atoms with van der Waals surface area (Å²) in [6, 6.07) is 10.3. The number of nitrogens with zero attached hydrogens (tertiary/aromatic N) is 1. The van der Waals surface area contributed by atoms with E-state index >= 15 is 0 Å². The molecule has 2 rings (SSSR count). The molecule has 0 bridgehead atoms. The van der Waals surface area contributed by atoms with Gasteiger partial charge in [-0.25, -0.2) is 0 Å². The van der Waals surface area contributed by atoms with Crippen LogP contribution in [0.15, 0.2) is 41.9 Å². The predicted molar refractivity (Wildman–Crippen MR) is 120 cm³/mol. The summed E-state index contributed by atoms with van der Waals surface area (Å²) in [6.45, 7) is 16.3. The van der Waals surface area contributed by atoms with Crippen LogP contribution >= 0.6 is 0 Å². The van der Waals surface area contributed by atoms with Gasteiger partial charge in [-0.15, -0.1) is 0 Å². The Morgan fingerprint density at radius 1 is 1.18 bits per heavy atom. The molecule has 1 aromatic carbocycles. The molecule has 1 fully saturated rings. The normalized spacial score (nSPS) is 14.3. The van der Waals surface area contributed by atoms with Crippen LogP contribution in [0.1, 0.15) is 66.4 Å². The lowest BCUT2D eigenvalue weighted by Crippen LogP contribution is -2.33. The average Bonchev–Trinajstić information content (AvgIpc) is 3.41. The summed E-state index contributed by atoms with van der Waals surface area (Å²) in [5.74, 6) is 1.29. The van der Waals surface area contributed by atoms with E-state index < -0.39 is 0 Å². The lowest BCUT2D eigenvalue weighted by atomic mass is 10.2. The summed E-state index contributed by atoms with van der Waals surface area (Å²) < 4.78 is 5.84. The fraction of sp³-hybridized carbons (Fsp3) is 0.625. The Hall–Kier alpha value is -1.97. The van der Waals surface area contributed by atoms with Crippen LogP contribution < -0.4 is 5.32 Å². The van der Waals surface area contributed by atoms with Gasteiger partial charge in [0.05, 0.1) is 6.61 Å². The van der Waals surface area contributed by atoms with E-state index in [0.29, 0.717) is 12.4 Å². The highest BCUT2D eigenvalue weighted by Crippen LogP contribution is 2.45. The van der Waals surface area contributed by atoms with Crippen molar-refractivity contribution in [3.63, 3.8) is 0 Å². The van der Waals surface area contributed by atoms with E-state index in [0.717, 1.165) is 25.3 Å². The topological polar surface area (TPSA) is 41.6 Å². The van der Waals surface area contributed by atoms with Gasteiger partial charge in [0.2, 0.25) is 5.76 Å². The fourth-order valence-corrected chi connectivity index (χ4v) is 2.48. The Bertz CT molecular complexity index is 578. The maximum Gasteiger partial charge on any atom is 0.202 e. The van der Waals surface area contributed by atoms with Crippen LogP contribution in [-0.2, 0) is 9.53 Å². The van der Waals surface area contributed by atoms with Gasteiger partial charge in [0, 0.05) is 32.5 Å². The molecule has 28 heavy (non-hydrogen) atoms. The molecule has 0 aliphatic heterocycles. The first-order valence-electron chi connectivity index (χ1n) is 10.7. The Labute approximate surface area is 173 Å². The second kappa shape index (κ2) is 14.1. The number of carbonyl (C=O) groups excluding carboxylic acids is 1. The summed E-state index contributed by atoms with van der Waals surface area (Å²) in [6.07, 6.45) is 3.42. The molecule has 4 nitrogen and oxygen atoms in total. The maximum absolute atomic E-state index is 11.9. The van der Waals surface area contributed by atoms with Gasteiger partial charge in [-0.3, -0.25) is 4.79 Å². The van der Waals surface area contributed by atoms with Crippen LogP contribution in [0.5, 0.6) is 0 Å². The third kappa shape index (κ3) is 10.4. The largest absolute Gasteiger partial charge is 0.486 e. The quantitative estimate of drug-likeness (QED) is 0.444. The number of Topliss-reactive ketones (excluding diaryl/α,β-unsaturated/α-hetero) is 1. The van der Waals surface area contributed by atoms with Crippen molar-refractivity contribution < 1.29 is 9.53 Å². The molecule has 4 heteroatoms. The standard InChI is InChI=1S/C15H28N2O2.C7H8.C2H6/c1-6-10-17(5)14(16-7-2)13(12(3)18)19-11-15(4)8-9-15;1-7-5-3-2-4-6-7;1-2/h16H,6-11H2,1-5H3;2-6H,1H3;1-2H3/b14-13+;;. The molecule has 0 unspecified atom stereocenters. The Morgan fingerprint density at radius 2 is 1.75 bits per heavy atom. The number of aryl methyl sites for hydroxylation is 1. The zero-order valence-electron chi connectivity index (χ0n) is 19.4. The predicted octanol–water partition coefficient (Wildman–Crippen LogP) is 5.53. The van der Waals surface area contributed by atoms with Crippen molar-refractivity contribution >= 4 is 5.78 Å². The first-order chi connectivity index (χ1) is 13.3. The van der Waals surface area contributed by atoms with Crippen LogP contribution in [0.2, 0.25) is 0 Å². The van der Waals surface area contributed by atoms with Crippen LogP contribution in [-0.4, -0.2) is 37.4 Å². The van der Waals surface area contributed by atoms with Crippen LogP contribution in [0.3, 0.4) is 0 Å². The molecular weight excluding hydrogens is 348 g/mol. The van der Waals surface area contributed by atoms with Crippen LogP contribution in [0.4, 0.5) is 0 Å². The molecule has 160 valence electrons. The second-order valence-corrected chi connectivity index (χ2v) is 7.44. The minimum atomic E-state index is -0.0110. The molecule has 0 amide bonds. The first kappa shape index (κ1) is 26.0. The van der Waals surface area contributed by atoms with Gasteiger partial charge in [-0.1, -0.05) is 63.6 Å². The molecular formula is C24H42N2O2. The van der Waals surface area contributed by atoms with Gasteiger partial charge in [0.1, 0.15) is 5.82 Å². The van der Waals surface area contributed by atoms with Gasteiger partial charge >= 0.3 is 0 Å². The monoisotopic (exact) mass is 390 g/mol. The zero-order valence-corrected chi connectivity index (χ0v) is 19.4. The van der Waals surface area contributed by atoms with E-state index in [1.165, 1.54) is 18.4 Å². The third-order valence-corrected chi connectivity index (χ3v) is 4.43. The van der Waals surface area contributed by atoms with Gasteiger partial charge < -0.3 is 15.0 Å². The molecule has 0 atom stereocenters. The van der Waals surface area contributed by atoms with Crippen molar-refractivity contribution in [1.82, 2.24) is 10.2 Å². The molecule has 0 spiro atoms. The second-order valence-electron chi connectivity index (χ2n) is 7.44. The lowest BCUT2D eigenvalue weighted by molar-refractivity contribution is -0.117. The number of hydrogen-bond donors (Lipinski definition) is 1. The third-order valence-electron chi connectivity index (χ3n) is 4.43. The van der Waals surface area contributed by atoms with Gasteiger partial charge in [0.25, 0.3) is 0 Å². The maximum atomic E-state index is 11.9. The molecule has 1 aliphatic rings.